The van der Waals surface area contributed by atoms with Crippen LogP contribution in [0.3, 0.4) is 0 Å². The van der Waals surface area contributed by atoms with Crippen molar-refractivity contribution in [2.45, 2.75) is 6.42 Å². The molecule has 0 fully saturated rings. The molecule has 0 aromatic carbocycles. The zero-order valence-electron chi connectivity index (χ0n) is 10.3. The zero-order valence-corrected chi connectivity index (χ0v) is 11.1. The van der Waals surface area contributed by atoms with Gasteiger partial charge >= 0.3 is 5.82 Å². The third kappa shape index (κ3) is 2.45. The molecule has 0 spiro atoms. The number of hydrogen-bond acceptors (Lipinski definition) is 5. The fourth-order valence-corrected chi connectivity index (χ4v) is 2.15. The van der Waals surface area contributed by atoms with Crippen molar-refractivity contribution in [1.29, 1.82) is 0 Å². The van der Waals surface area contributed by atoms with E-state index in [9.17, 15) is 14.3 Å². The Bertz CT molecular complexity index is 683. The summed E-state index contributed by atoms with van der Waals surface area (Å²) in [5.74, 6) is 0.892. The summed E-state index contributed by atoms with van der Waals surface area (Å²) in [6.07, 6.45) is 4.71. The van der Waals surface area contributed by atoms with E-state index in [-0.39, 0.29) is 12.2 Å². The highest BCUT2D eigenvalue weighted by molar-refractivity contribution is 7.67. The van der Waals surface area contributed by atoms with E-state index in [0.717, 1.165) is 0 Å². The highest BCUT2D eigenvalue weighted by atomic mass is 32.1. The molecule has 2 rings (SSSR count). The van der Waals surface area contributed by atoms with Crippen molar-refractivity contribution in [2.75, 3.05) is 0 Å². The van der Waals surface area contributed by atoms with E-state index in [1.807, 2.05) is 0 Å². The first-order valence-electron chi connectivity index (χ1n) is 5.33. The van der Waals surface area contributed by atoms with E-state index in [4.69, 9.17) is 0 Å². The van der Waals surface area contributed by atoms with Crippen molar-refractivity contribution >= 4 is 21.9 Å². The van der Waals surface area contributed by atoms with Crippen molar-refractivity contribution < 1.29 is 9.13 Å². The van der Waals surface area contributed by atoms with Gasteiger partial charge in [-0.2, -0.15) is 0 Å². The van der Waals surface area contributed by atoms with Crippen LogP contribution in [0.5, 0.6) is 0 Å². The Labute approximate surface area is 111 Å². The third-order valence-corrected chi connectivity index (χ3v) is 3.26. The van der Waals surface area contributed by atoms with Crippen molar-refractivity contribution in [3.05, 3.63) is 40.4 Å². The monoisotopic (exact) mass is 281 g/mol. The van der Waals surface area contributed by atoms with Crippen LogP contribution >= 0.6 is 0 Å². The first kappa shape index (κ1) is 13.1. The van der Waals surface area contributed by atoms with Crippen molar-refractivity contribution in [3.8, 4) is 0 Å². The number of aromatic nitrogens is 4. The number of imidazole rings is 2. The normalized spacial score (nSPS) is 10.4. The van der Waals surface area contributed by atoms with Crippen LogP contribution < -0.4 is 0 Å². The maximum absolute atomic E-state index is 11.2. The molecule has 9 heteroatoms. The molecule has 0 unspecified atom stereocenters. The molecule has 2 aromatic rings. The molecular formula is C10H11N5O3S. The molecule has 0 N–H and O–H groups in total. The van der Waals surface area contributed by atoms with Gasteiger partial charge in [-0.15, -0.1) is 0 Å². The summed E-state index contributed by atoms with van der Waals surface area (Å²) in [6.45, 7) is 0. The van der Waals surface area contributed by atoms with Crippen LogP contribution in [0.4, 0.5) is 5.82 Å². The summed E-state index contributed by atoms with van der Waals surface area (Å²) in [6, 6.07) is 0. The second-order valence-corrected chi connectivity index (χ2v) is 4.55. The summed E-state index contributed by atoms with van der Waals surface area (Å²) in [5, 5.41) is 10.7. The molecule has 0 aliphatic heterocycles. The lowest BCUT2D eigenvalue weighted by Gasteiger charge is -2.02. The fraction of sp³-hybridized carbons (Fsp3) is 0.300. The number of aryl methyl sites for hydroxylation is 1. The molecule has 19 heavy (non-hydrogen) atoms. The van der Waals surface area contributed by atoms with Crippen molar-refractivity contribution in [3.63, 3.8) is 0 Å². The van der Waals surface area contributed by atoms with Gasteiger partial charge in [0.15, 0.2) is 0 Å². The van der Waals surface area contributed by atoms with Crippen molar-refractivity contribution in [2.24, 2.45) is 14.1 Å². The molecule has 0 saturated carbocycles. The Morgan fingerprint density at radius 3 is 2.68 bits per heavy atom. The second-order valence-electron chi connectivity index (χ2n) is 3.89. The zero-order chi connectivity index (χ0) is 14.0. The maximum atomic E-state index is 11.2. The van der Waals surface area contributed by atoms with E-state index in [1.54, 1.807) is 31.1 Å². The first-order valence-corrected chi connectivity index (χ1v) is 6.07. The number of nitrogens with zero attached hydrogens (tertiary/aromatic N) is 5. The van der Waals surface area contributed by atoms with Gasteiger partial charge in [-0.1, -0.05) is 0 Å². The lowest BCUT2D eigenvalue weighted by atomic mass is 10.3. The average molecular weight is 281 g/mol. The van der Waals surface area contributed by atoms with Crippen LogP contribution in [-0.4, -0.2) is 33.1 Å². The van der Waals surface area contributed by atoms with Gasteiger partial charge in [0.1, 0.15) is 12.0 Å². The Morgan fingerprint density at radius 1 is 1.47 bits per heavy atom. The minimum atomic E-state index is -0.513. The Kier molecular flexibility index (Phi) is 3.56. The van der Waals surface area contributed by atoms with Gasteiger partial charge < -0.3 is 14.7 Å². The minimum Gasteiger partial charge on any atom is -0.358 e. The summed E-state index contributed by atoms with van der Waals surface area (Å²) < 4.78 is 14.3. The molecule has 2 aromatic heterocycles. The van der Waals surface area contributed by atoms with Gasteiger partial charge in [-0.3, -0.25) is 0 Å². The number of nitro groups is 1. The summed E-state index contributed by atoms with van der Waals surface area (Å²) in [7, 11) is 3.32. The van der Waals surface area contributed by atoms with E-state index >= 15 is 0 Å². The molecule has 2 heterocycles. The Balaban J connectivity index is 2.33. The fourth-order valence-electron chi connectivity index (χ4n) is 1.70. The van der Waals surface area contributed by atoms with E-state index in [1.165, 1.54) is 10.8 Å². The molecule has 0 atom stereocenters. The van der Waals surface area contributed by atoms with Crippen LogP contribution in [0.2, 0.25) is 0 Å². The summed E-state index contributed by atoms with van der Waals surface area (Å²) >= 11 is 0.323. The van der Waals surface area contributed by atoms with Gasteiger partial charge in [0, 0.05) is 19.4 Å². The predicted molar refractivity (Wildman–Crippen MR) is 69.0 cm³/mol. The molecule has 0 radical (unpaired) electrons. The van der Waals surface area contributed by atoms with Gasteiger partial charge in [-0.05, 0) is 4.92 Å². The molecule has 0 aliphatic carbocycles. The Morgan fingerprint density at radius 2 is 2.21 bits per heavy atom. The maximum Gasteiger partial charge on any atom is 0.342 e. The predicted octanol–water partition coefficient (Wildman–Crippen LogP) is 0.0380. The molecule has 8 nitrogen and oxygen atoms in total. The average Bonchev–Trinajstić information content (AvgIpc) is 2.93. The van der Waals surface area contributed by atoms with Gasteiger partial charge in [0.25, 0.3) is 0 Å². The molecule has 0 aliphatic rings. The van der Waals surface area contributed by atoms with Crippen LogP contribution in [0, 0.1) is 10.1 Å². The van der Waals surface area contributed by atoms with Gasteiger partial charge in [0.05, 0.1) is 29.6 Å². The SMILES string of the molecule is Cn1ccnc1C(Cc1ncc([N+](=O)[O-])n1C)=S=O. The minimum absolute atomic E-state index is 0.106. The highest BCUT2D eigenvalue weighted by Gasteiger charge is 2.20. The van der Waals surface area contributed by atoms with Crippen LogP contribution in [-0.2, 0) is 31.8 Å². The standard InChI is InChI=1S/C10H11N5O3S/c1-13-4-3-11-10(13)7(19-18)5-8-12-6-9(14(8)2)15(16)17/h3-4,6H,5H2,1-2H3. The molecule has 100 valence electrons. The smallest absolute Gasteiger partial charge is 0.342 e. The molecular weight excluding hydrogens is 270 g/mol. The quantitative estimate of drug-likeness (QED) is 0.341. The number of hydrogen-bond donors (Lipinski definition) is 0. The first-order chi connectivity index (χ1) is 9.04. The molecule has 0 amide bonds. The summed E-state index contributed by atoms with van der Waals surface area (Å²) in [4.78, 5) is 18.7. The van der Waals surface area contributed by atoms with Gasteiger partial charge in [0.2, 0.25) is 5.82 Å². The molecule has 0 saturated heterocycles. The lowest BCUT2D eigenvalue weighted by Crippen LogP contribution is -2.14. The van der Waals surface area contributed by atoms with Gasteiger partial charge in [-0.25, -0.2) is 18.7 Å². The van der Waals surface area contributed by atoms with Crippen LogP contribution in [0.25, 0.3) is 0 Å². The lowest BCUT2D eigenvalue weighted by molar-refractivity contribution is -0.391. The topological polar surface area (TPSA) is 95.8 Å². The number of rotatable bonds is 4. The Hall–Kier alpha value is -2.29. The van der Waals surface area contributed by atoms with Crippen molar-refractivity contribution in [1.82, 2.24) is 19.1 Å². The summed E-state index contributed by atoms with van der Waals surface area (Å²) in [5.41, 5.74) is 0. The molecule has 0 bridgehead atoms. The highest BCUT2D eigenvalue weighted by Crippen LogP contribution is 2.13. The van der Waals surface area contributed by atoms with E-state index in [2.05, 4.69) is 9.97 Å². The van der Waals surface area contributed by atoms with Crippen LogP contribution in [0.15, 0.2) is 18.6 Å². The largest absolute Gasteiger partial charge is 0.358 e. The van der Waals surface area contributed by atoms with E-state index in [0.29, 0.717) is 27.8 Å². The third-order valence-electron chi connectivity index (χ3n) is 2.74. The second kappa shape index (κ2) is 5.14. The van der Waals surface area contributed by atoms with Crippen LogP contribution in [0.1, 0.15) is 11.6 Å². The van der Waals surface area contributed by atoms with E-state index < -0.39 is 4.92 Å².